The highest BCUT2D eigenvalue weighted by Crippen LogP contribution is 2.46. The molecule has 5 rings (SSSR count). The quantitative estimate of drug-likeness (QED) is 0.358. The number of carbonyl (C=O) groups excluding carboxylic acids is 2. The number of carboxylic acids is 1. The molecule has 0 aliphatic carbocycles. The molecule has 1 atom stereocenters. The number of carbonyl (C=O) groups is 3. The fourth-order valence-electron chi connectivity index (χ4n) is 4.19. The van der Waals surface area contributed by atoms with E-state index in [1.165, 1.54) is 28.0 Å². The molecule has 0 bridgehead atoms. The van der Waals surface area contributed by atoms with Gasteiger partial charge in [0.1, 0.15) is 25.0 Å². The van der Waals surface area contributed by atoms with Crippen LogP contribution in [0.2, 0.25) is 0 Å². The summed E-state index contributed by atoms with van der Waals surface area (Å²) in [7, 11) is 1.93. The molecule has 0 amide bonds. The van der Waals surface area contributed by atoms with E-state index in [0.717, 1.165) is 6.07 Å². The number of aromatic carboxylic acids is 1. The predicted octanol–water partition coefficient (Wildman–Crippen LogP) is 3.10. The molecule has 2 aromatic carbocycles. The maximum atomic E-state index is 14.6. The minimum atomic E-state index is -1.30. The van der Waals surface area contributed by atoms with Crippen LogP contribution in [0.25, 0.3) is 10.9 Å². The van der Waals surface area contributed by atoms with Gasteiger partial charge in [-0.2, -0.15) is 0 Å². The van der Waals surface area contributed by atoms with Crippen molar-refractivity contribution < 1.29 is 29.1 Å². The van der Waals surface area contributed by atoms with Crippen LogP contribution < -0.4 is 21.2 Å². The molecule has 1 unspecified atom stereocenters. The second kappa shape index (κ2) is 13.7. The first-order valence-corrected chi connectivity index (χ1v) is 12.2. The molecule has 3 aromatic rings. The van der Waals surface area contributed by atoms with Crippen LogP contribution in [0, 0.1) is 12.7 Å². The number of aryl methyl sites for hydroxylation is 1. The van der Waals surface area contributed by atoms with Crippen molar-refractivity contribution in [3.8, 4) is 0 Å². The van der Waals surface area contributed by atoms with E-state index in [1.807, 2.05) is 45.3 Å². The maximum Gasteiger partial charge on any atom is 0.342 e. The number of nitrogens with one attached hydrogen (secondary N) is 2. The number of aromatic nitrogens is 1. The largest absolute Gasteiger partial charge is 0.477 e. The summed E-state index contributed by atoms with van der Waals surface area (Å²) in [6, 6.07) is 10.9. The molecule has 0 saturated carbocycles. The van der Waals surface area contributed by atoms with Crippen LogP contribution in [-0.4, -0.2) is 66.2 Å². The van der Waals surface area contributed by atoms with Crippen LogP contribution >= 0.6 is 11.8 Å². The lowest BCUT2D eigenvalue weighted by molar-refractivity contribution is -0.0987. The van der Waals surface area contributed by atoms with Gasteiger partial charge in [-0.15, -0.1) is 5.59 Å². The molecule has 0 radical (unpaired) electrons. The van der Waals surface area contributed by atoms with Gasteiger partial charge in [-0.25, -0.2) is 14.2 Å². The smallest absolute Gasteiger partial charge is 0.342 e. The van der Waals surface area contributed by atoms with Gasteiger partial charge < -0.3 is 34.7 Å². The third kappa shape index (κ3) is 6.02. The van der Waals surface area contributed by atoms with E-state index in [4.69, 9.17) is 14.8 Å². The van der Waals surface area contributed by atoms with Crippen LogP contribution in [0.4, 0.5) is 15.8 Å². The number of benzene rings is 2. The second-order valence-electron chi connectivity index (χ2n) is 8.06. The van der Waals surface area contributed by atoms with E-state index < -0.39 is 17.2 Å². The van der Waals surface area contributed by atoms with Crippen molar-refractivity contribution in [2.75, 3.05) is 37.0 Å². The summed E-state index contributed by atoms with van der Waals surface area (Å²) in [5.74, 6) is -1.90. The summed E-state index contributed by atoms with van der Waals surface area (Å²) in [6.45, 7) is 9.28. The zero-order valence-corrected chi connectivity index (χ0v) is 22.0. The number of para-hydroxylation sites is 1. The van der Waals surface area contributed by atoms with Crippen molar-refractivity contribution in [1.29, 1.82) is 0 Å². The monoisotopic (exact) mass is 547 g/mol. The van der Waals surface area contributed by atoms with Gasteiger partial charge in [0.25, 0.3) is 0 Å². The van der Waals surface area contributed by atoms with Gasteiger partial charge in [-0.05, 0) is 37.6 Å². The number of thioether (sulfide) groups is 1. The second-order valence-corrected chi connectivity index (χ2v) is 9.36. The molecule has 204 valence electrons. The highest BCUT2D eigenvalue weighted by Gasteiger charge is 2.33. The first-order valence-electron chi connectivity index (χ1n) is 11.3. The van der Waals surface area contributed by atoms with Gasteiger partial charge in [-0.3, -0.25) is 4.79 Å². The first kappa shape index (κ1) is 30.4. The lowest BCUT2D eigenvalue weighted by Gasteiger charge is -2.33. The maximum absolute atomic E-state index is 14.6. The van der Waals surface area contributed by atoms with Crippen LogP contribution in [0.15, 0.2) is 46.2 Å². The number of pyridine rings is 1. The van der Waals surface area contributed by atoms with E-state index in [2.05, 4.69) is 24.4 Å². The van der Waals surface area contributed by atoms with Gasteiger partial charge in [0.05, 0.1) is 28.3 Å². The Kier molecular flexibility index (Phi) is 11.0. The molecule has 2 aliphatic rings. The zero-order chi connectivity index (χ0) is 28.6. The molecule has 38 heavy (non-hydrogen) atoms. The number of halogens is 1. The summed E-state index contributed by atoms with van der Waals surface area (Å²) in [4.78, 5) is 41.7. The molecule has 2 aliphatic heterocycles. The highest BCUT2D eigenvalue weighted by atomic mass is 32.2. The fourth-order valence-corrected chi connectivity index (χ4v) is 5.34. The van der Waals surface area contributed by atoms with E-state index in [-0.39, 0.29) is 23.0 Å². The van der Waals surface area contributed by atoms with Gasteiger partial charge >= 0.3 is 5.97 Å². The highest BCUT2D eigenvalue weighted by molar-refractivity contribution is 8.00. The van der Waals surface area contributed by atoms with Gasteiger partial charge in [-0.1, -0.05) is 30.0 Å². The third-order valence-electron chi connectivity index (χ3n) is 5.97. The number of hydrogen-bond donors (Lipinski definition) is 4. The van der Waals surface area contributed by atoms with E-state index >= 15 is 0 Å². The van der Waals surface area contributed by atoms with Crippen molar-refractivity contribution in [2.24, 2.45) is 0 Å². The minimum Gasteiger partial charge on any atom is -0.477 e. The predicted molar refractivity (Wildman–Crippen MR) is 145 cm³/mol. The number of fused-ring (bicyclic) bond motifs is 3. The Morgan fingerprint density at radius 2 is 1.82 bits per heavy atom. The molecule has 1 saturated heterocycles. The SMILES string of the molecule is C=O.C=O.CC1Sc2c(C(=O)O)c(=O)c3cc(F)c(N4CCN(NO)C4)cc3n21.CNc1ccccc1C. The van der Waals surface area contributed by atoms with Crippen molar-refractivity contribution in [3.63, 3.8) is 0 Å². The Hall–Kier alpha value is -3.78. The summed E-state index contributed by atoms with van der Waals surface area (Å²) in [6.07, 6.45) is 0. The Morgan fingerprint density at radius 3 is 2.32 bits per heavy atom. The van der Waals surface area contributed by atoms with Gasteiger partial charge in [0.15, 0.2) is 0 Å². The van der Waals surface area contributed by atoms with Crippen LogP contribution in [-0.2, 0) is 9.59 Å². The van der Waals surface area contributed by atoms with Crippen LogP contribution in [0.5, 0.6) is 0 Å². The average molecular weight is 548 g/mol. The Balaban J connectivity index is 0.000000328. The molecule has 3 heterocycles. The van der Waals surface area contributed by atoms with E-state index in [9.17, 15) is 19.1 Å². The molecule has 4 N–H and O–H groups in total. The third-order valence-corrected chi connectivity index (χ3v) is 7.14. The summed E-state index contributed by atoms with van der Waals surface area (Å²) < 4.78 is 16.4. The normalized spacial score (nSPS) is 15.5. The Morgan fingerprint density at radius 1 is 1.16 bits per heavy atom. The topological polar surface area (TPSA) is 144 Å². The number of nitrogens with zero attached hydrogens (tertiary/aromatic N) is 3. The van der Waals surface area contributed by atoms with Crippen molar-refractivity contribution in [3.05, 3.63) is 63.6 Å². The molecular formula is C25H30FN5O6S. The standard InChI is InChI=1S/C15H15FN4O4S.C8H11N.2CH2O/c1-7-20-10-5-11(18-2-3-19(6-18)17-24)9(16)4-8(10)13(21)12(15(22)23)14(20)25-7;1-7-5-3-4-6-8(7)9-2;2*1-2/h4-5,7,17,24H,2-3,6H2,1H3,(H,22,23);3-6,9H,1-2H3;2*1H2. The van der Waals surface area contributed by atoms with E-state index in [1.54, 1.807) is 15.5 Å². The first-order chi connectivity index (χ1) is 18.3. The summed E-state index contributed by atoms with van der Waals surface area (Å²) in [5, 5.41) is 23.3. The van der Waals surface area contributed by atoms with Crippen LogP contribution in [0.3, 0.4) is 0 Å². The molecule has 0 spiro atoms. The summed E-state index contributed by atoms with van der Waals surface area (Å²) in [5.41, 5.74) is 4.39. The lowest BCUT2D eigenvalue weighted by atomic mass is 10.1. The summed E-state index contributed by atoms with van der Waals surface area (Å²) >= 11 is 1.31. The molecule has 13 heteroatoms. The van der Waals surface area contributed by atoms with E-state index in [0.29, 0.717) is 29.3 Å². The lowest BCUT2D eigenvalue weighted by Crippen LogP contribution is -2.35. The van der Waals surface area contributed by atoms with Crippen molar-refractivity contribution in [1.82, 2.24) is 15.2 Å². The molecule has 1 aromatic heterocycles. The number of hydrogen-bond acceptors (Lipinski definition) is 10. The van der Waals surface area contributed by atoms with Crippen molar-refractivity contribution >= 4 is 53.6 Å². The van der Waals surface area contributed by atoms with Gasteiger partial charge in [0.2, 0.25) is 5.43 Å². The minimum absolute atomic E-state index is 0.0382. The molecule has 11 nitrogen and oxygen atoms in total. The Labute approximate surface area is 222 Å². The number of rotatable bonds is 4. The molecule has 1 fully saturated rings. The number of anilines is 2. The number of hydrazine groups is 1. The van der Waals surface area contributed by atoms with Gasteiger partial charge in [0, 0.05) is 31.2 Å². The average Bonchev–Trinajstić information content (AvgIpc) is 3.40. The zero-order valence-electron chi connectivity index (χ0n) is 21.2. The van der Waals surface area contributed by atoms with Crippen LogP contribution in [0.1, 0.15) is 28.2 Å². The fraction of sp³-hybridized carbons (Fsp3) is 0.280. The van der Waals surface area contributed by atoms with Crippen molar-refractivity contribution in [2.45, 2.75) is 24.2 Å². The number of carboxylic acid groups (broad SMARTS) is 1. The molecular weight excluding hydrogens is 517 g/mol. The Bertz CT molecular complexity index is 1350.